The van der Waals surface area contributed by atoms with Gasteiger partial charge in [-0.05, 0) is 112 Å². The quantitative estimate of drug-likeness (QED) is 0.160. The van der Waals surface area contributed by atoms with Gasteiger partial charge in [-0.2, -0.15) is 0 Å². The molecular weight excluding hydrogens is 817 g/mol. The average molecular weight is 859 g/mol. The lowest BCUT2D eigenvalue weighted by atomic mass is 9.81. The van der Waals surface area contributed by atoms with E-state index in [-0.39, 0.29) is 5.41 Å². The van der Waals surface area contributed by atoms with Gasteiger partial charge < -0.3 is 4.57 Å². The van der Waals surface area contributed by atoms with Crippen molar-refractivity contribution in [2.75, 3.05) is 0 Å². The molecule has 0 bridgehead atoms. The highest BCUT2D eigenvalue weighted by Crippen LogP contribution is 2.50. The maximum absolute atomic E-state index is 5.28. The lowest BCUT2D eigenvalue weighted by Gasteiger charge is -2.22. The van der Waals surface area contributed by atoms with E-state index in [1.54, 1.807) is 0 Å². The Morgan fingerprint density at radius 2 is 0.836 bits per heavy atom. The van der Waals surface area contributed by atoms with Gasteiger partial charge in [0.25, 0.3) is 0 Å². The monoisotopic (exact) mass is 858 g/mol. The molecule has 0 spiro atoms. The molecule has 1 aliphatic carbocycles. The van der Waals surface area contributed by atoms with Crippen LogP contribution in [-0.2, 0) is 5.41 Å². The summed E-state index contributed by atoms with van der Waals surface area (Å²) in [5.74, 6) is 2.65. The first-order valence-electron chi connectivity index (χ1n) is 22.8. The molecule has 3 aromatic heterocycles. The first kappa shape index (κ1) is 38.7. The maximum Gasteiger partial charge on any atom is 0.164 e. The molecule has 316 valence electrons. The molecule has 13 rings (SSSR count). The number of imidazole rings is 1. The number of nitrogens with zero attached hydrogens (tertiary/aromatic N) is 6. The topological polar surface area (TPSA) is 61.4 Å². The Morgan fingerprint density at radius 1 is 0.328 bits per heavy atom. The van der Waals surface area contributed by atoms with E-state index in [1.165, 1.54) is 33.4 Å². The largest absolute Gasteiger partial charge is 0.309 e. The van der Waals surface area contributed by atoms with E-state index in [0.29, 0.717) is 17.5 Å². The van der Waals surface area contributed by atoms with Gasteiger partial charge in [-0.25, -0.2) is 19.9 Å². The van der Waals surface area contributed by atoms with E-state index >= 15 is 0 Å². The van der Waals surface area contributed by atoms with Crippen molar-refractivity contribution in [2.24, 2.45) is 0 Å². The molecule has 0 radical (unpaired) electrons. The van der Waals surface area contributed by atoms with Gasteiger partial charge >= 0.3 is 0 Å². The van der Waals surface area contributed by atoms with Crippen LogP contribution in [0.5, 0.6) is 0 Å². The third kappa shape index (κ3) is 6.33. The number of para-hydroxylation sites is 4. The van der Waals surface area contributed by atoms with Gasteiger partial charge in [-0.15, -0.1) is 0 Å². The molecule has 0 aliphatic heterocycles. The number of fused-ring (bicyclic) bond motifs is 7. The van der Waals surface area contributed by atoms with Gasteiger partial charge in [0.05, 0.1) is 22.1 Å². The summed E-state index contributed by atoms with van der Waals surface area (Å²) >= 11 is 0. The van der Waals surface area contributed by atoms with Gasteiger partial charge in [-0.3, -0.25) is 4.57 Å². The van der Waals surface area contributed by atoms with Crippen LogP contribution in [0.15, 0.2) is 218 Å². The number of benzene rings is 9. The first-order valence-corrected chi connectivity index (χ1v) is 22.8. The average Bonchev–Trinajstić information content (AvgIpc) is 4.02. The molecule has 0 saturated carbocycles. The predicted molar refractivity (Wildman–Crippen MR) is 274 cm³/mol. The van der Waals surface area contributed by atoms with Crippen molar-refractivity contribution in [3.05, 3.63) is 230 Å². The van der Waals surface area contributed by atoms with E-state index in [4.69, 9.17) is 19.9 Å². The molecule has 9 aromatic carbocycles. The Labute approximate surface area is 388 Å². The zero-order valence-electron chi connectivity index (χ0n) is 37.0. The lowest BCUT2D eigenvalue weighted by molar-refractivity contribution is 0.660. The Hall–Kier alpha value is -8.74. The molecule has 12 aromatic rings. The van der Waals surface area contributed by atoms with Crippen molar-refractivity contribution in [3.63, 3.8) is 0 Å². The van der Waals surface area contributed by atoms with Crippen molar-refractivity contribution in [1.29, 1.82) is 0 Å². The molecule has 67 heavy (non-hydrogen) atoms. The van der Waals surface area contributed by atoms with Crippen LogP contribution in [0.1, 0.15) is 25.0 Å². The van der Waals surface area contributed by atoms with Crippen LogP contribution in [0, 0.1) is 0 Å². The lowest BCUT2D eigenvalue weighted by Crippen LogP contribution is -2.14. The molecular formula is C61H42N6. The second-order valence-corrected chi connectivity index (χ2v) is 17.9. The Balaban J connectivity index is 0.975. The first-order chi connectivity index (χ1) is 33.0. The summed E-state index contributed by atoms with van der Waals surface area (Å²) in [4.78, 5) is 20.8. The fourth-order valence-electron chi connectivity index (χ4n) is 10.3. The minimum atomic E-state index is -0.0906. The molecule has 3 heterocycles. The molecule has 6 nitrogen and oxygen atoms in total. The van der Waals surface area contributed by atoms with Crippen LogP contribution < -0.4 is 0 Å². The highest BCUT2D eigenvalue weighted by molar-refractivity contribution is 6.11. The normalized spacial score (nSPS) is 12.7. The van der Waals surface area contributed by atoms with Crippen molar-refractivity contribution >= 4 is 32.8 Å². The third-order valence-electron chi connectivity index (χ3n) is 13.6. The molecule has 0 atom stereocenters. The molecule has 0 fully saturated rings. The fraction of sp³-hybridized carbons (Fsp3) is 0.0492. The van der Waals surface area contributed by atoms with E-state index in [1.807, 2.05) is 30.3 Å². The highest BCUT2D eigenvalue weighted by Gasteiger charge is 2.35. The van der Waals surface area contributed by atoms with Gasteiger partial charge in [-0.1, -0.05) is 153 Å². The maximum atomic E-state index is 5.28. The minimum Gasteiger partial charge on any atom is -0.309 e. The minimum absolute atomic E-state index is 0.0906. The zero-order chi connectivity index (χ0) is 44.6. The van der Waals surface area contributed by atoms with Crippen molar-refractivity contribution in [1.82, 2.24) is 29.1 Å². The summed E-state index contributed by atoms with van der Waals surface area (Å²) in [6.07, 6.45) is 0. The Morgan fingerprint density at radius 3 is 1.57 bits per heavy atom. The SMILES string of the molecule is CC1(C)c2ccccc2-c2ccc(-c3ccc4c(c3)c3cc(-c5nc(-c6ccccc6)nc(-c6cccc(-c7nc8ccccc8n7-c7ccccc7)c6)n5)ccc3n4-c3ccccc3)cc21. The molecule has 0 amide bonds. The second kappa shape index (κ2) is 15.2. The van der Waals surface area contributed by atoms with E-state index < -0.39 is 0 Å². The molecule has 6 heteroatoms. The van der Waals surface area contributed by atoms with Crippen LogP contribution in [-0.4, -0.2) is 29.1 Å². The van der Waals surface area contributed by atoms with Crippen LogP contribution in [0.4, 0.5) is 0 Å². The number of hydrogen-bond donors (Lipinski definition) is 0. The summed E-state index contributed by atoms with van der Waals surface area (Å²) in [7, 11) is 0. The van der Waals surface area contributed by atoms with Gasteiger partial charge in [0, 0.05) is 49.8 Å². The van der Waals surface area contributed by atoms with Gasteiger partial charge in [0.2, 0.25) is 0 Å². The smallest absolute Gasteiger partial charge is 0.164 e. The third-order valence-corrected chi connectivity index (χ3v) is 13.6. The molecule has 0 saturated heterocycles. The van der Waals surface area contributed by atoms with Crippen LogP contribution >= 0.6 is 0 Å². The van der Waals surface area contributed by atoms with E-state index in [0.717, 1.165) is 72.3 Å². The molecule has 0 N–H and O–H groups in total. The highest BCUT2D eigenvalue weighted by atomic mass is 15.1. The summed E-state index contributed by atoms with van der Waals surface area (Å²) in [5.41, 5.74) is 17.7. The zero-order valence-corrected chi connectivity index (χ0v) is 37.0. The van der Waals surface area contributed by atoms with Crippen LogP contribution in [0.25, 0.3) is 112 Å². The van der Waals surface area contributed by atoms with E-state index in [9.17, 15) is 0 Å². The van der Waals surface area contributed by atoms with Crippen LogP contribution in [0.3, 0.4) is 0 Å². The Bertz CT molecular complexity index is 3880. The van der Waals surface area contributed by atoms with E-state index in [2.05, 4.69) is 211 Å². The predicted octanol–water partition coefficient (Wildman–Crippen LogP) is 14.9. The second-order valence-electron chi connectivity index (χ2n) is 17.9. The van der Waals surface area contributed by atoms with Crippen molar-refractivity contribution in [3.8, 4) is 79.2 Å². The summed E-state index contributed by atoms with van der Waals surface area (Å²) in [5, 5.41) is 2.28. The van der Waals surface area contributed by atoms with Gasteiger partial charge in [0.1, 0.15) is 5.82 Å². The summed E-state index contributed by atoms with van der Waals surface area (Å²) in [6, 6.07) is 77.2. The summed E-state index contributed by atoms with van der Waals surface area (Å²) in [6.45, 7) is 4.68. The number of rotatable bonds is 7. The molecule has 1 aliphatic rings. The van der Waals surface area contributed by atoms with Gasteiger partial charge in [0.15, 0.2) is 17.5 Å². The summed E-state index contributed by atoms with van der Waals surface area (Å²) < 4.78 is 4.59. The van der Waals surface area contributed by atoms with Crippen molar-refractivity contribution < 1.29 is 0 Å². The van der Waals surface area contributed by atoms with Crippen molar-refractivity contribution in [2.45, 2.75) is 19.3 Å². The Kier molecular flexibility index (Phi) is 8.77. The van der Waals surface area contributed by atoms with Crippen LogP contribution in [0.2, 0.25) is 0 Å². The molecule has 0 unspecified atom stereocenters. The number of aromatic nitrogens is 6. The fourth-order valence-corrected chi connectivity index (χ4v) is 10.3. The standard InChI is InChI=1S/C61H42N6/c1-61(2)51-26-13-12-25-47(51)48-32-29-41(38-52(48)61)40-30-33-54-49(36-40)50-37-43(31-34-55(50)66(54)45-21-8-4-9-22-45)59-64-57(39-17-6-3-7-18-39)63-58(65-59)42-19-16-20-44(35-42)60-62-53-27-14-15-28-56(53)67(60)46-23-10-5-11-24-46/h3-38H,1-2H3. The number of hydrogen-bond acceptors (Lipinski definition) is 4.